The van der Waals surface area contributed by atoms with Crippen LogP contribution in [0.1, 0.15) is 20.3 Å². The predicted molar refractivity (Wildman–Crippen MR) is 58.2 cm³/mol. The number of benzene rings is 1. The molecular formula is C10H14FNO3S. The van der Waals surface area contributed by atoms with Crippen molar-refractivity contribution >= 4 is 10.0 Å². The molecule has 0 heterocycles. The summed E-state index contributed by atoms with van der Waals surface area (Å²) in [7, 11) is -3.87. The van der Waals surface area contributed by atoms with Crippen LogP contribution in [0.3, 0.4) is 0 Å². The summed E-state index contributed by atoms with van der Waals surface area (Å²) < 4.78 is 40.6. The molecule has 0 aliphatic heterocycles. The number of hydrogen-bond acceptors (Lipinski definition) is 3. The van der Waals surface area contributed by atoms with E-state index in [0.717, 1.165) is 12.5 Å². The summed E-state index contributed by atoms with van der Waals surface area (Å²) in [5.41, 5.74) is 0. The lowest BCUT2D eigenvalue weighted by atomic mass is 10.3. The van der Waals surface area contributed by atoms with E-state index >= 15 is 0 Å². The van der Waals surface area contributed by atoms with Crippen molar-refractivity contribution in [2.24, 2.45) is 5.14 Å². The van der Waals surface area contributed by atoms with E-state index < -0.39 is 15.8 Å². The van der Waals surface area contributed by atoms with Gasteiger partial charge in [0.15, 0.2) is 11.6 Å². The van der Waals surface area contributed by atoms with Crippen LogP contribution in [0.4, 0.5) is 4.39 Å². The summed E-state index contributed by atoms with van der Waals surface area (Å²) in [4.78, 5) is -0.262. The van der Waals surface area contributed by atoms with Gasteiger partial charge in [-0.15, -0.1) is 0 Å². The summed E-state index contributed by atoms with van der Waals surface area (Å²) in [6, 6.07) is 3.34. The van der Waals surface area contributed by atoms with Crippen LogP contribution in [0.2, 0.25) is 0 Å². The molecule has 0 amide bonds. The first kappa shape index (κ1) is 12.9. The molecule has 90 valence electrons. The van der Waals surface area contributed by atoms with E-state index in [4.69, 9.17) is 9.88 Å². The molecule has 4 nitrogen and oxygen atoms in total. The van der Waals surface area contributed by atoms with Gasteiger partial charge < -0.3 is 4.74 Å². The Hall–Kier alpha value is -1.14. The minimum atomic E-state index is -3.87. The van der Waals surface area contributed by atoms with Gasteiger partial charge in [-0.1, -0.05) is 6.92 Å². The Morgan fingerprint density at radius 1 is 1.50 bits per heavy atom. The normalized spacial score (nSPS) is 13.5. The molecular weight excluding hydrogens is 233 g/mol. The summed E-state index contributed by atoms with van der Waals surface area (Å²) in [5, 5.41) is 4.87. The van der Waals surface area contributed by atoms with Gasteiger partial charge in [0.1, 0.15) is 0 Å². The van der Waals surface area contributed by atoms with Crippen LogP contribution >= 0.6 is 0 Å². The maximum Gasteiger partial charge on any atom is 0.238 e. The molecule has 0 saturated heterocycles. The van der Waals surface area contributed by atoms with Crippen LogP contribution in [0.15, 0.2) is 23.1 Å². The quantitative estimate of drug-likeness (QED) is 0.879. The molecule has 0 radical (unpaired) electrons. The standard InChI is InChI=1S/C10H14FNO3S/c1-3-7(2)15-10-5-4-8(6-9(10)11)16(12,13)14/h4-7H,3H2,1-2H3,(H2,12,13,14). The molecule has 0 spiro atoms. The third kappa shape index (κ3) is 3.18. The highest BCUT2D eigenvalue weighted by atomic mass is 32.2. The van der Waals surface area contributed by atoms with Crippen molar-refractivity contribution in [1.29, 1.82) is 0 Å². The molecule has 6 heteroatoms. The highest BCUT2D eigenvalue weighted by Crippen LogP contribution is 2.21. The molecule has 0 aromatic heterocycles. The second kappa shape index (κ2) is 4.80. The third-order valence-corrected chi connectivity index (χ3v) is 3.05. The van der Waals surface area contributed by atoms with E-state index in [0.29, 0.717) is 0 Å². The van der Waals surface area contributed by atoms with Gasteiger partial charge in [-0.3, -0.25) is 0 Å². The van der Waals surface area contributed by atoms with Gasteiger partial charge in [0.2, 0.25) is 10.0 Å². The van der Waals surface area contributed by atoms with Crippen LogP contribution in [0.25, 0.3) is 0 Å². The minimum absolute atomic E-state index is 0.0294. The highest BCUT2D eigenvalue weighted by Gasteiger charge is 2.13. The summed E-state index contributed by atoms with van der Waals surface area (Å²) in [6.45, 7) is 3.70. The van der Waals surface area contributed by atoms with Crippen molar-refractivity contribution < 1.29 is 17.5 Å². The van der Waals surface area contributed by atoms with Crippen LogP contribution in [-0.4, -0.2) is 14.5 Å². The summed E-state index contributed by atoms with van der Waals surface area (Å²) in [5.74, 6) is -0.700. The zero-order valence-corrected chi connectivity index (χ0v) is 9.92. The molecule has 1 unspecified atom stereocenters. The number of primary sulfonamides is 1. The molecule has 1 aromatic carbocycles. The number of nitrogens with two attached hydrogens (primary N) is 1. The van der Waals surface area contributed by atoms with Crippen LogP contribution in [0.5, 0.6) is 5.75 Å². The Bertz CT molecular complexity index is 473. The highest BCUT2D eigenvalue weighted by molar-refractivity contribution is 7.89. The topological polar surface area (TPSA) is 69.4 Å². The minimum Gasteiger partial charge on any atom is -0.488 e. The van der Waals surface area contributed by atoms with Gasteiger partial charge in [-0.25, -0.2) is 17.9 Å². The van der Waals surface area contributed by atoms with Crippen LogP contribution < -0.4 is 9.88 Å². The average molecular weight is 247 g/mol. The van der Waals surface area contributed by atoms with Crippen molar-refractivity contribution in [1.82, 2.24) is 0 Å². The smallest absolute Gasteiger partial charge is 0.238 e. The van der Waals surface area contributed by atoms with Crippen LogP contribution in [-0.2, 0) is 10.0 Å². The SMILES string of the molecule is CCC(C)Oc1ccc(S(N)(=O)=O)cc1F. The zero-order valence-electron chi connectivity index (χ0n) is 9.10. The fourth-order valence-corrected chi connectivity index (χ4v) is 1.58. The van der Waals surface area contributed by atoms with Crippen molar-refractivity contribution in [2.45, 2.75) is 31.3 Å². The largest absolute Gasteiger partial charge is 0.488 e. The van der Waals surface area contributed by atoms with Crippen molar-refractivity contribution in [2.75, 3.05) is 0 Å². The van der Waals surface area contributed by atoms with E-state index in [1.165, 1.54) is 12.1 Å². The van der Waals surface area contributed by atoms with Gasteiger partial charge in [0.05, 0.1) is 11.0 Å². The molecule has 16 heavy (non-hydrogen) atoms. The van der Waals surface area contributed by atoms with Crippen molar-refractivity contribution in [3.63, 3.8) is 0 Å². The van der Waals surface area contributed by atoms with E-state index in [-0.39, 0.29) is 16.7 Å². The summed E-state index contributed by atoms with van der Waals surface area (Å²) >= 11 is 0. The average Bonchev–Trinajstić information content (AvgIpc) is 2.19. The molecule has 1 atom stereocenters. The lowest BCUT2D eigenvalue weighted by molar-refractivity contribution is 0.207. The maximum absolute atomic E-state index is 13.4. The Labute approximate surface area is 94.3 Å². The Kier molecular flexibility index (Phi) is 3.88. The second-order valence-corrected chi connectivity index (χ2v) is 5.04. The fourth-order valence-electron chi connectivity index (χ4n) is 1.05. The monoisotopic (exact) mass is 247 g/mol. The molecule has 1 rings (SSSR count). The Balaban J connectivity index is 3.01. The van der Waals surface area contributed by atoms with Crippen LogP contribution in [0, 0.1) is 5.82 Å². The lowest BCUT2D eigenvalue weighted by Crippen LogP contribution is -2.14. The van der Waals surface area contributed by atoms with E-state index in [9.17, 15) is 12.8 Å². The van der Waals surface area contributed by atoms with E-state index in [2.05, 4.69) is 0 Å². The molecule has 0 fully saturated rings. The number of halogens is 1. The zero-order chi connectivity index (χ0) is 12.3. The lowest BCUT2D eigenvalue weighted by Gasteiger charge is -2.13. The number of ether oxygens (including phenoxy) is 1. The third-order valence-electron chi connectivity index (χ3n) is 2.13. The summed E-state index contributed by atoms with van der Waals surface area (Å²) in [6.07, 6.45) is 0.603. The number of sulfonamides is 1. The molecule has 0 aliphatic rings. The molecule has 0 saturated carbocycles. The first-order valence-corrected chi connectivity index (χ1v) is 6.38. The van der Waals surface area contributed by atoms with Gasteiger partial charge in [0, 0.05) is 0 Å². The molecule has 0 aliphatic carbocycles. The Morgan fingerprint density at radius 2 is 2.12 bits per heavy atom. The van der Waals surface area contributed by atoms with E-state index in [1.807, 2.05) is 6.92 Å². The first-order valence-electron chi connectivity index (χ1n) is 4.83. The maximum atomic E-state index is 13.4. The van der Waals surface area contributed by atoms with Gasteiger partial charge in [-0.05, 0) is 31.5 Å². The molecule has 1 aromatic rings. The molecule has 0 bridgehead atoms. The fraction of sp³-hybridized carbons (Fsp3) is 0.400. The second-order valence-electron chi connectivity index (χ2n) is 3.47. The van der Waals surface area contributed by atoms with Gasteiger partial charge >= 0.3 is 0 Å². The van der Waals surface area contributed by atoms with Crippen molar-refractivity contribution in [3.05, 3.63) is 24.0 Å². The van der Waals surface area contributed by atoms with Gasteiger partial charge in [0.25, 0.3) is 0 Å². The molecule has 2 N–H and O–H groups in total. The predicted octanol–water partition coefficient (Wildman–Crippen LogP) is 1.65. The van der Waals surface area contributed by atoms with E-state index in [1.54, 1.807) is 6.92 Å². The first-order chi connectivity index (χ1) is 7.34. The Morgan fingerprint density at radius 3 is 2.56 bits per heavy atom. The number of rotatable bonds is 4. The number of hydrogen-bond donors (Lipinski definition) is 1. The van der Waals surface area contributed by atoms with Crippen molar-refractivity contribution in [3.8, 4) is 5.75 Å². The van der Waals surface area contributed by atoms with Gasteiger partial charge in [-0.2, -0.15) is 0 Å².